The van der Waals surface area contributed by atoms with Crippen molar-refractivity contribution in [2.24, 2.45) is 0 Å². The highest BCUT2D eigenvalue weighted by atomic mass is 32.2. The average molecular weight is 302 g/mol. The Morgan fingerprint density at radius 1 is 1.30 bits per heavy atom. The van der Waals surface area contributed by atoms with Gasteiger partial charge in [0, 0.05) is 26.5 Å². The van der Waals surface area contributed by atoms with E-state index in [2.05, 4.69) is 4.72 Å². The van der Waals surface area contributed by atoms with Gasteiger partial charge in [-0.3, -0.25) is 0 Å². The van der Waals surface area contributed by atoms with Crippen LogP contribution >= 0.6 is 0 Å². The molecule has 1 rings (SSSR count). The Kier molecular flexibility index (Phi) is 5.94. The topological polar surface area (TPSA) is 90.7 Å². The molecule has 0 aliphatic heterocycles. The van der Waals surface area contributed by atoms with E-state index in [0.29, 0.717) is 23.4 Å². The molecule has 7 heteroatoms. The third-order valence-electron chi connectivity index (χ3n) is 3.10. The zero-order valence-electron chi connectivity index (χ0n) is 12.3. The van der Waals surface area contributed by atoms with Gasteiger partial charge in [-0.2, -0.15) is 0 Å². The van der Waals surface area contributed by atoms with Gasteiger partial charge in [0.05, 0.1) is 17.6 Å². The molecule has 0 aliphatic carbocycles. The van der Waals surface area contributed by atoms with E-state index in [1.807, 2.05) is 0 Å². The lowest BCUT2D eigenvalue weighted by atomic mass is 10.1. The molecule has 1 aromatic rings. The van der Waals surface area contributed by atoms with Crippen LogP contribution in [0.1, 0.15) is 11.1 Å². The number of hydrogen-bond acceptors (Lipinski definition) is 5. The fraction of sp³-hybridized carbons (Fsp3) is 0.538. The Morgan fingerprint density at radius 3 is 2.50 bits per heavy atom. The van der Waals surface area contributed by atoms with Crippen molar-refractivity contribution in [1.82, 2.24) is 4.72 Å². The number of hydrogen-bond donors (Lipinski definition) is 2. The van der Waals surface area contributed by atoms with Crippen LogP contribution in [0.25, 0.3) is 0 Å². The maximum absolute atomic E-state index is 12.4. The first-order chi connectivity index (χ1) is 9.33. The summed E-state index contributed by atoms with van der Waals surface area (Å²) in [5.41, 5.74) is 7.45. The number of anilines is 1. The highest BCUT2D eigenvalue weighted by Crippen LogP contribution is 2.24. The lowest BCUT2D eigenvalue weighted by Gasteiger charge is -2.17. The van der Waals surface area contributed by atoms with Crippen LogP contribution in [0.3, 0.4) is 0 Å². The molecule has 0 fully saturated rings. The SMILES string of the molecule is COCC(CNS(=O)(=O)c1c(C)ccc(N)c1C)OC. The molecule has 1 unspecified atom stereocenters. The summed E-state index contributed by atoms with van der Waals surface area (Å²) in [5, 5.41) is 0. The second kappa shape index (κ2) is 7.03. The summed E-state index contributed by atoms with van der Waals surface area (Å²) in [6.45, 7) is 3.89. The van der Waals surface area contributed by atoms with Gasteiger partial charge in [-0.1, -0.05) is 6.07 Å². The predicted molar refractivity (Wildman–Crippen MR) is 78.2 cm³/mol. The van der Waals surface area contributed by atoms with E-state index >= 15 is 0 Å². The number of nitrogens with two attached hydrogens (primary N) is 1. The molecule has 0 aromatic heterocycles. The van der Waals surface area contributed by atoms with Crippen molar-refractivity contribution in [3.05, 3.63) is 23.3 Å². The van der Waals surface area contributed by atoms with Gasteiger partial charge in [-0.25, -0.2) is 13.1 Å². The zero-order chi connectivity index (χ0) is 15.3. The second-order valence-electron chi connectivity index (χ2n) is 4.59. The molecule has 20 heavy (non-hydrogen) atoms. The Labute approximate surface area is 120 Å². The predicted octanol–water partition coefficient (Wildman–Crippen LogP) is 0.825. The molecule has 0 bridgehead atoms. The van der Waals surface area contributed by atoms with Crippen LogP contribution in [-0.2, 0) is 19.5 Å². The van der Waals surface area contributed by atoms with Crippen molar-refractivity contribution in [2.75, 3.05) is 33.1 Å². The zero-order valence-corrected chi connectivity index (χ0v) is 13.1. The molecule has 0 amide bonds. The average Bonchev–Trinajstić information content (AvgIpc) is 2.39. The Morgan fingerprint density at radius 2 is 1.95 bits per heavy atom. The summed E-state index contributed by atoms with van der Waals surface area (Å²) in [6, 6.07) is 3.40. The maximum atomic E-state index is 12.4. The van der Waals surface area contributed by atoms with Crippen LogP contribution in [0.4, 0.5) is 5.69 Å². The summed E-state index contributed by atoms with van der Waals surface area (Å²) in [5.74, 6) is 0. The number of ether oxygens (including phenoxy) is 2. The fourth-order valence-electron chi connectivity index (χ4n) is 1.93. The smallest absolute Gasteiger partial charge is 0.241 e. The first-order valence-electron chi connectivity index (χ1n) is 6.20. The van der Waals surface area contributed by atoms with E-state index in [0.717, 1.165) is 0 Å². The lowest BCUT2D eigenvalue weighted by Crippen LogP contribution is -2.36. The standard InChI is InChI=1S/C13H22N2O4S/c1-9-5-6-12(14)10(2)13(9)20(16,17)15-7-11(19-4)8-18-3/h5-6,11,15H,7-8,14H2,1-4H3. The van der Waals surface area contributed by atoms with E-state index in [4.69, 9.17) is 15.2 Å². The summed E-state index contributed by atoms with van der Waals surface area (Å²) < 4.78 is 37.4. The third-order valence-corrected chi connectivity index (χ3v) is 4.81. The number of nitrogens with one attached hydrogen (secondary N) is 1. The fourth-order valence-corrected chi connectivity index (χ4v) is 3.49. The second-order valence-corrected chi connectivity index (χ2v) is 6.29. The molecule has 1 atom stereocenters. The van der Waals surface area contributed by atoms with Crippen LogP contribution < -0.4 is 10.5 Å². The normalized spacial score (nSPS) is 13.4. The highest BCUT2D eigenvalue weighted by molar-refractivity contribution is 7.89. The quantitative estimate of drug-likeness (QED) is 0.728. The number of aryl methyl sites for hydroxylation is 1. The number of benzene rings is 1. The summed E-state index contributed by atoms with van der Waals surface area (Å²) in [4.78, 5) is 0.227. The monoisotopic (exact) mass is 302 g/mol. The van der Waals surface area contributed by atoms with Crippen LogP contribution in [0, 0.1) is 13.8 Å². The van der Waals surface area contributed by atoms with Gasteiger partial charge in [-0.15, -0.1) is 0 Å². The lowest BCUT2D eigenvalue weighted by molar-refractivity contribution is 0.0320. The third kappa shape index (κ3) is 3.92. The van der Waals surface area contributed by atoms with Crippen molar-refractivity contribution < 1.29 is 17.9 Å². The van der Waals surface area contributed by atoms with Crippen LogP contribution in [0.15, 0.2) is 17.0 Å². The molecule has 0 saturated heterocycles. The van der Waals surface area contributed by atoms with Gasteiger partial charge < -0.3 is 15.2 Å². The van der Waals surface area contributed by atoms with E-state index < -0.39 is 10.0 Å². The van der Waals surface area contributed by atoms with E-state index in [1.54, 1.807) is 26.0 Å². The van der Waals surface area contributed by atoms with Gasteiger partial charge >= 0.3 is 0 Å². The maximum Gasteiger partial charge on any atom is 0.241 e. The molecular formula is C13H22N2O4S. The number of sulfonamides is 1. The van der Waals surface area contributed by atoms with Crippen LogP contribution in [0.5, 0.6) is 0 Å². The van der Waals surface area contributed by atoms with Crippen LogP contribution in [-0.4, -0.2) is 41.9 Å². The van der Waals surface area contributed by atoms with Crippen molar-refractivity contribution in [3.63, 3.8) is 0 Å². The van der Waals surface area contributed by atoms with E-state index in [-0.39, 0.29) is 17.5 Å². The Bertz CT molecular complexity index is 558. The van der Waals surface area contributed by atoms with Gasteiger partial charge in [0.1, 0.15) is 0 Å². The molecule has 0 heterocycles. The largest absolute Gasteiger partial charge is 0.398 e. The van der Waals surface area contributed by atoms with Gasteiger partial charge in [0.25, 0.3) is 0 Å². The molecule has 3 N–H and O–H groups in total. The Hall–Kier alpha value is -1.15. The highest BCUT2D eigenvalue weighted by Gasteiger charge is 2.22. The molecule has 0 spiro atoms. The number of nitrogen functional groups attached to an aromatic ring is 1. The molecule has 1 aromatic carbocycles. The van der Waals surface area contributed by atoms with Gasteiger partial charge in [0.2, 0.25) is 10.0 Å². The molecule has 6 nitrogen and oxygen atoms in total. The molecule has 0 saturated carbocycles. The van der Waals surface area contributed by atoms with Gasteiger partial charge in [0.15, 0.2) is 0 Å². The number of methoxy groups -OCH3 is 2. The summed E-state index contributed by atoms with van der Waals surface area (Å²) in [7, 11) is -0.590. The number of rotatable bonds is 7. The van der Waals surface area contributed by atoms with Crippen LogP contribution in [0.2, 0.25) is 0 Å². The first-order valence-corrected chi connectivity index (χ1v) is 7.69. The molecule has 0 aliphatic rings. The van der Waals surface area contributed by atoms with Crippen molar-refractivity contribution in [3.8, 4) is 0 Å². The summed E-state index contributed by atoms with van der Waals surface area (Å²) in [6.07, 6.45) is -0.337. The first kappa shape index (κ1) is 16.9. The minimum Gasteiger partial charge on any atom is -0.398 e. The molecule has 0 radical (unpaired) electrons. The minimum atomic E-state index is -3.63. The molecular weight excluding hydrogens is 280 g/mol. The minimum absolute atomic E-state index is 0.139. The van der Waals surface area contributed by atoms with Crippen molar-refractivity contribution >= 4 is 15.7 Å². The van der Waals surface area contributed by atoms with Crippen molar-refractivity contribution in [1.29, 1.82) is 0 Å². The van der Waals surface area contributed by atoms with Crippen molar-refractivity contribution in [2.45, 2.75) is 24.8 Å². The summed E-state index contributed by atoms with van der Waals surface area (Å²) >= 11 is 0. The Balaban J connectivity index is 2.98. The van der Waals surface area contributed by atoms with Gasteiger partial charge in [-0.05, 0) is 31.0 Å². The molecule has 114 valence electrons. The van der Waals surface area contributed by atoms with E-state index in [9.17, 15) is 8.42 Å². The van der Waals surface area contributed by atoms with E-state index in [1.165, 1.54) is 14.2 Å².